The Labute approximate surface area is 230 Å². The van der Waals surface area contributed by atoms with Crippen LogP contribution in [0.4, 0.5) is 0 Å². The highest BCUT2D eigenvalue weighted by Crippen LogP contribution is 2.24. The van der Waals surface area contributed by atoms with Crippen molar-refractivity contribution in [3.05, 3.63) is 96.2 Å². The van der Waals surface area contributed by atoms with E-state index >= 15 is 0 Å². The van der Waals surface area contributed by atoms with Crippen molar-refractivity contribution in [3.8, 4) is 11.1 Å². The zero-order valence-electron chi connectivity index (χ0n) is 22.5. The monoisotopic (exact) mass is 522 g/mol. The molecule has 39 heavy (non-hydrogen) atoms. The molecule has 0 aliphatic carbocycles. The minimum atomic E-state index is -0.589. The van der Waals surface area contributed by atoms with Crippen LogP contribution in [0.3, 0.4) is 0 Å². The summed E-state index contributed by atoms with van der Waals surface area (Å²) in [7, 11) is 0. The zero-order chi connectivity index (χ0) is 26.9. The summed E-state index contributed by atoms with van der Waals surface area (Å²) < 4.78 is 0. The van der Waals surface area contributed by atoms with Crippen LogP contribution in [0.2, 0.25) is 0 Å². The fourth-order valence-electron chi connectivity index (χ4n) is 5.54. The van der Waals surface area contributed by atoms with Gasteiger partial charge in [0.25, 0.3) is 5.91 Å². The SMILES string of the molecule is O=C(N[C@@H](CCCN1CCCCC1)C(=O)NCCc1c[nH]c2ccccc12)c1ccccc1-c1ccccc1. The molecule has 0 spiro atoms. The quantitative estimate of drug-likeness (QED) is 0.241. The lowest BCUT2D eigenvalue weighted by Crippen LogP contribution is -2.47. The van der Waals surface area contributed by atoms with E-state index < -0.39 is 6.04 Å². The first-order valence-electron chi connectivity index (χ1n) is 14.2. The van der Waals surface area contributed by atoms with Gasteiger partial charge in [-0.3, -0.25) is 9.59 Å². The number of carbonyl (C=O) groups excluding carboxylic acids is 2. The number of nitrogens with one attached hydrogen (secondary N) is 3. The third kappa shape index (κ3) is 6.95. The normalized spacial score (nSPS) is 14.7. The first-order chi connectivity index (χ1) is 19.2. The molecule has 0 radical (unpaired) electrons. The number of piperidine rings is 1. The van der Waals surface area contributed by atoms with Gasteiger partial charge in [0.05, 0.1) is 0 Å². The summed E-state index contributed by atoms with van der Waals surface area (Å²) in [5, 5.41) is 7.35. The fourth-order valence-corrected chi connectivity index (χ4v) is 5.54. The standard InChI is InChI=1S/C33H38N4O2/c38-32(29-16-6-5-14-27(29)25-12-3-1-4-13-25)36-31(18-11-23-37-21-9-2-10-22-37)33(39)34-20-19-26-24-35-30-17-8-7-15-28(26)30/h1,3-8,12-17,24,31,35H,2,9-11,18-23H2,(H,34,39)(H,36,38)/t31-/m0/s1. The smallest absolute Gasteiger partial charge is 0.252 e. The molecule has 1 aliphatic rings. The van der Waals surface area contributed by atoms with Gasteiger partial charge in [-0.2, -0.15) is 0 Å². The lowest BCUT2D eigenvalue weighted by Gasteiger charge is -2.27. The summed E-state index contributed by atoms with van der Waals surface area (Å²) >= 11 is 0. The van der Waals surface area contributed by atoms with Gasteiger partial charge < -0.3 is 20.5 Å². The average molecular weight is 523 g/mol. The highest BCUT2D eigenvalue weighted by Gasteiger charge is 2.23. The second kappa shape index (κ2) is 13.3. The van der Waals surface area contributed by atoms with Crippen molar-refractivity contribution < 1.29 is 9.59 Å². The highest BCUT2D eigenvalue weighted by molar-refractivity contribution is 6.02. The summed E-state index contributed by atoms with van der Waals surface area (Å²) in [6.07, 6.45) is 7.98. The Morgan fingerprint density at radius 2 is 1.62 bits per heavy atom. The van der Waals surface area contributed by atoms with E-state index in [0.29, 0.717) is 18.5 Å². The molecule has 3 aromatic carbocycles. The summed E-state index contributed by atoms with van der Waals surface area (Å²) in [5.41, 5.74) is 4.69. The Bertz CT molecular complexity index is 1370. The van der Waals surface area contributed by atoms with Crippen LogP contribution in [0, 0.1) is 0 Å². The van der Waals surface area contributed by atoms with E-state index in [9.17, 15) is 9.59 Å². The molecule has 6 nitrogen and oxygen atoms in total. The molecule has 1 saturated heterocycles. The number of fused-ring (bicyclic) bond motifs is 1. The van der Waals surface area contributed by atoms with Gasteiger partial charge in [-0.05, 0) is 80.6 Å². The minimum absolute atomic E-state index is 0.126. The first-order valence-corrected chi connectivity index (χ1v) is 14.2. The Balaban J connectivity index is 1.25. The minimum Gasteiger partial charge on any atom is -0.361 e. The zero-order valence-corrected chi connectivity index (χ0v) is 22.5. The van der Waals surface area contributed by atoms with Crippen LogP contribution in [0.5, 0.6) is 0 Å². The topological polar surface area (TPSA) is 77.2 Å². The molecule has 1 aromatic heterocycles. The second-order valence-corrected chi connectivity index (χ2v) is 10.4. The van der Waals surface area contributed by atoms with Crippen LogP contribution in [0.1, 0.15) is 48.0 Å². The van der Waals surface area contributed by atoms with Gasteiger partial charge >= 0.3 is 0 Å². The molecular weight excluding hydrogens is 484 g/mol. The van der Waals surface area contributed by atoms with Gasteiger partial charge in [0.2, 0.25) is 5.91 Å². The van der Waals surface area contributed by atoms with E-state index in [1.165, 1.54) is 30.2 Å². The number of amides is 2. The number of hydrogen-bond acceptors (Lipinski definition) is 3. The van der Waals surface area contributed by atoms with Crippen molar-refractivity contribution in [1.29, 1.82) is 0 Å². The number of rotatable bonds is 11. The average Bonchev–Trinajstić information content (AvgIpc) is 3.40. The van der Waals surface area contributed by atoms with Gasteiger partial charge in [0.1, 0.15) is 6.04 Å². The van der Waals surface area contributed by atoms with Crippen molar-refractivity contribution >= 4 is 22.7 Å². The van der Waals surface area contributed by atoms with Crippen LogP contribution in [0.25, 0.3) is 22.0 Å². The Morgan fingerprint density at radius 1 is 0.872 bits per heavy atom. The van der Waals surface area contributed by atoms with E-state index in [1.807, 2.05) is 72.9 Å². The largest absolute Gasteiger partial charge is 0.361 e. The summed E-state index contributed by atoms with van der Waals surface area (Å²) in [6, 6.07) is 25.1. The van der Waals surface area contributed by atoms with Gasteiger partial charge in [-0.1, -0.05) is 73.2 Å². The predicted molar refractivity (Wildman–Crippen MR) is 158 cm³/mol. The number of para-hydroxylation sites is 1. The van der Waals surface area contributed by atoms with E-state index in [1.54, 1.807) is 0 Å². The molecule has 5 rings (SSSR count). The number of nitrogens with zero attached hydrogens (tertiary/aromatic N) is 1. The molecule has 3 N–H and O–H groups in total. The van der Waals surface area contributed by atoms with Gasteiger partial charge in [-0.25, -0.2) is 0 Å². The van der Waals surface area contributed by atoms with Gasteiger partial charge in [0.15, 0.2) is 0 Å². The maximum Gasteiger partial charge on any atom is 0.252 e. The molecular formula is C33H38N4O2. The van der Waals surface area contributed by atoms with Crippen LogP contribution in [-0.2, 0) is 11.2 Å². The molecule has 202 valence electrons. The van der Waals surface area contributed by atoms with E-state index in [4.69, 9.17) is 0 Å². The van der Waals surface area contributed by atoms with Crippen molar-refractivity contribution in [2.24, 2.45) is 0 Å². The maximum atomic E-state index is 13.5. The Kier molecular flexibility index (Phi) is 9.07. The van der Waals surface area contributed by atoms with Gasteiger partial charge in [-0.15, -0.1) is 0 Å². The number of carbonyl (C=O) groups is 2. The molecule has 2 heterocycles. The molecule has 0 bridgehead atoms. The predicted octanol–water partition coefficient (Wildman–Crippen LogP) is 5.56. The van der Waals surface area contributed by atoms with Crippen molar-refractivity contribution in [3.63, 3.8) is 0 Å². The fraction of sp³-hybridized carbons (Fsp3) is 0.333. The van der Waals surface area contributed by atoms with Crippen LogP contribution >= 0.6 is 0 Å². The summed E-state index contributed by atoms with van der Waals surface area (Å²) in [4.78, 5) is 32.7. The van der Waals surface area contributed by atoms with Crippen molar-refractivity contribution in [1.82, 2.24) is 20.5 Å². The lowest BCUT2D eigenvalue weighted by atomic mass is 9.98. The van der Waals surface area contributed by atoms with Crippen LogP contribution in [0.15, 0.2) is 85.1 Å². The molecule has 4 aromatic rings. The third-order valence-corrected chi connectivity index (χ3v) is 7.66. The van der Waals surface area contributed by atoms with E-state index in [0.717, 1.165) is 49.1 Å². The number of aromatic amines is 1. The molecule has 1 aliphatic heterocycles. The third-order valence-electron chi connectivity index (χ3n) is 7.66. The Morgan fingerprint density at radius 3 is 2.46 bits per heavy atom. The van der Waals surface area contributed by atoms with Gasteiger partial charge in [0, 0.05) is 29.2 Å². The number of hydrogen-bond donors (Lipinski definition) is 3. The second-order valence-electron chi connectivity index (χ2n) is 10.4. The number of likely N-dealkylation sites (tertiary alicyclic amines) is 1. The summed E-state index contributed by atoms with van der Waals surface area (Å²) in [5.74, 6) is -0.344. The molecule has 0 unspecified atom stereocenters. The highest BCUT2D eigenvalue weighted by atomic mass is 16.2. The lowest BCUT2D eigenvalue weighted by molar-refractivity contribution is -0.123. The van der Waals surface area contributed by atoms with Crippen molar-refractivity contribution in [2.75, 3.05) is 26.2 Å². The van der Waals surface area contributed by atoms with E-state index in [-0.39, 0.29) is 11.8 Å². The molecule has 0 saturated carbocycles. The number of H-pyrrole nitrogens is 1. The first kappa shape index (κ1) is 26.7. The maximum absolute atomic E-state index is 13.5. The molecule has 1 fully saturated rings. The van der Waals surface area contributed by atoms with Crippen LogP contribution in [-0.4, -0.2) is 53.9 Å². The number of benzene rings is 3. The molecule has 2 amide bonds. The van der Waals surface area contributed by atoms with Crippen molar-refractivity contribution in [2.45, 2.75) is 44.6 Å². The van der Waals surface area contributed by atoms with E-state index in [2.05, 4.69) is 32.7 Å². The molecule has 1 atom stereocenters. The van der Waals surface area contributed by atoms with Crippen LogP contribution < -0.4 is 10.6 Å². The Hall–Kier alpha value is -3.90. The number of aromatic nitrogens is 1. The summed E-state index contributed by atoms with van der Waals surface area (Å²) in [6.45, 7) is 3.71. The molecule has 6 heteroatoms.